The van der Waals surface area contributed by atoms with Crippen molar-refractivity contribution < 1.29 is 19.1 Å². The van der Waals surface area contributed by atoms with E-state index in [0.717, 1.165) is 5.56 Å². The molecule has 0 aliphatic carbocycles. The first-order chi connectivity index (χ1) is 13.0. The first-order valence-electron chi connectivity index (χ1n) is 9.56. The van der Waals surface area contributed by atoms with E-state index in [4.69, 9.17) is 16.3 Å². The molecule has 0 saturated carbocycles. The Morgan fingerprint density at radius 2 is 1.82 bits per heavy atom. The summed E-state index contributed by atoms with van der Waals surface area (Å²) in [4.78, 5) is 38.9. The number of nitrogens with one attached hydrogen (secondary N) is 1. The number of hydrogen-bond donors (Lipinski definition) is 1. The number of likely N-dealkylation sites (tertiary alicyclic amines) is 1. The molecule has 7 heteroatoms. The second kappa shape index (κ2) is 8.95. The summed E-state index contributed by atoms with van der Waals surface area (Å²) in [5, 5.41) is 3.30. The van der Waals surface area contributed by atoms with Crippen molar-refractivity contribution in [2.75, 3.05) is 18.4 Å². The number of halogens is 1. The lowest BCUT2D eigenvalue weighted by atomic mass is 9.91. The molecule has 0 bridgehead atoms. The average molecular weight is 409 g/mol. The number of amides is 2. The van der Waals surface area contributed by atoms with Crippen molar-refractivity contribution in [3.05, 3.63) is 28.8 Å². The second-order valence-electron chi connectivity index (χ2n) is 8.30. The van der Waals surface area contributed by atoms with Gasteiger partial charge in [-0.2, -0.15) is 0 Å². The molecule has 1 aromatic rings. The van der Waals surface area contributed by atoms with Crippen LogP contribution in [-0.2, 0) is 19.1 Å². The molecular weight excluding hydrogens is 380 g/mol. The predicted molar refractivity (Wildman–Crippen MR) is 109 cm³/mol. The molecule has 2 amide bonds. The van der Waals surface area contributed by atoms with Gasteiger partial charge in [0.25, 0.3) is 5.91 Å². The fraction of sp³-hybridized carbons (Fsp3) is 0.571. The maximum absolute atomic E-state index is 12.4. The predicted octanol–water partition coefficient (Wildman–Crippen LogP) is 3.80. The minimum Gasteiger partial charge on any atom is -0.452 e. The van der Waals surface area contributed by atoms with Crippen LogP contribution in [-0.4, -0.2) is 41.9 Å². The zero-order valence-electron chi connectivity index (χ0n) is 17.2. The first kappa shape index (κ1) is 22.2. The Morgan fingerprint density at radius 3 is 2.39 bits per heavy atom. The van der Waals surface area contributed by atoms with E-state index in [9.17, 15) is 14.4 Å². The quantitative estimate of drug-likeness (QED) is 0.769. The molecule has 1 fully saturated rings. The van der Waals surface area contributed by atoms with E-state index in [1.165, 1.54) is 0 Å². The molecule has 1 aliphatic rings. The summed E-state index contributed by atoms with van der Waals surface area (Å²) in [5.74, 6) is -1.01. The first-order valence-corrected chi connectivity index (χ1v) is 9.94. The highest BCUT2D eigenvalue weighted by Gasteiger charge is 2.34. The van der Waals surface area contributed by atoms with Crippen LogP contribution in [0.1, 0.15) is 46.1 Å². The van der Waals surface area contributed by atoms with Crippen LogP contribution in [0.3, 0.4) is 0 Å². The highest BCUT2D eigenvalue weighted by atomic mass is 35.5. The Hall–Kier alpha value is -2.08. The number of carbonyl (C=O) groups is 3. The van der Waals surface area contributed by atoms with Crippen LogP contribution in [0, 0.1) is 18.3 Å². The van der Waals surface area contributed by atoms with Crippen molar-refractivity contribution in [3.8, 4) is 0 Å². The van der Waals surface area contributed by atoms with Gasteiger partial charge >= 0.3 is 5.97 Å². The van der Waals surface area contributed by atoms with Crippen molar-refractivity contribution in [2.24, 2.45) is 11.3 Å². The van der Waals surface area contributed by atoms with Crippen LogP contribution in [0.4, 0.5) is 5.69 Å². The SMILES string of the molecule is Cc1c(Cl)cccc1NC(=O)[C@@H](C)OC(=O)C1CCN(C(=O)C(C)(C)C)CC1. The fourth-order valence-electron chi connectivity index (χ4n) is 3.09. The number of esters is 1. The monoisotopic (exact) mass is 408 g/mol. The summed E-state index contributed by atoms with van der Waals surface area (Å²) in [6, 6.07) is 5.23. The van der Waals surface area contributed by atoms with Gasteiger partial charge in [-0.05, 0) is 44.4 Å². The van der Waals surface area contributed by atoms with E-state index >= 15 is 0 Å². The van der Waals surface area contributed by atoms with Crippen molar-refractivity contribution in [1.29, 1.82) is 0 Å². The third kappa shape index (κ3) is 5.47. The van der Waals surface area contributed by atoms with Crippen molar-refractivity contribution in [3.63, 3.8) is 0 Å². The van der Waals surface area contributed by atoms with Gasteiger partial charge in [-0.3, -0.25) is 14.4 Å². The van der Waals surface area contributed by atoms with Crippen LogP contribution < -0.4 is 5.32 Å². The van der Waals surface area contributed by atoms with E-state index < -0.39 is 23.4 Å². The van der Waals surface area contributed by atoms with Crippen molar-refractivity contribution in [1.82, 2.24) is 4.90 Å². The third-order valence-corrected chi connectivity index (χ3v) is 5.35. The molecule has 28 heavy (non-hydrogen) atoms. The molecule has 1 atom stereocenters. The maximum Gasteiger partial charge on any atom is 0.309 e. The van der Waals surface area contributed by atoms with E-state index in [0.29, 0.717) is 36.6 Å². The van der Waals surface area contributed by atoms with E-state index in [-0.39, 0.29) is 11.8 Å². The molecule has 1 aliphatic heterocycles. The molecule has 0 spiro atoms. The molecule has 154 valence electrons. The van der Waals surface area contributed by atoms with Gasteiger partial charge in [-0.25, -0.2) is 0 Å². The summed E-state index contributed by atoms with van der Waals surface area (Å²) in [7, 11) is 0. The topological polar surface area (TPSA) is 75.7 Å². The number of nitrogens with zero attached hydrogens (tertiary/aromatic N) is 1. The van der Waals surface area contributed by atoms with Gasteiger partial charge in [0, 0.05) is 29.2 Å². The van der Waals surface area contributed by atoms with Crippen LogP contribution >= 0.6 is 11.6 Å². The number of hydrogen-bond acceptors (Lipinski definition) is 4. The second-order valence-corrected chi connectivity index (χ2v) is 8.70. The summed E-state index contributed by atoms with van der Waals surface area (Å²) in [6.45, 7) is 10.1. The minimum atomic E-state index is -0.917. The molecule has 0 unspecified atom stereocenters. The number of rotatable bonds is 4. The van der Waals surface area contributed by atoms with Gasteiger partial charge in [-0.15, -0.1) is 0 Å². The third-order valence-electron chi connectivity index (χ3n) is 4.94. The zero-order chi connectivity index (χ0) is 21.1. The molecule has 1 saturated heterocycles. The van der Waals surface area contributed by atoms with Gasteiger partial charge in [0.1, 0.15) is 0 Å². The van der Waals surface area contributed by atoms with Gasteiger partial charge in [0.15, 0.2) is 6.10 Å². The number of anilines is 1. The Labute approximate surface area is 171 Å². The van der Waals surface area contributed by atoms with Crippen LogP contribution in [0.5, 0.6) is 0 Å². The van der Waals surface area contributed by atoms with Gasteiger partial charge in [0.05, 0.1) is 5.92 Å². The lowest BCUT2D eigenvalue weighted by Crippen LogP contribution is -2.45. The summed E-state index contributed by atoms with van der Waals surface area (Å²) >= 11 is 6.06. The lowest BCUT2D eigenvalue weighted by Gasteiger charge is -2.35. The smallest absolute Gasteiger partial charge is 0.309 e. The van der Waals surface area contributed by atoms with Gasteiger partial charge in [0.2, 0.25) is 5.91 Å². The Kier molecular flexibility index (Phi) is 7.10. The number of carbonyl (C=O) groups excluding carboxylic acids is 3. The standard InChI is InChI=1S/C21H29ClN2O4/c1-13-16(22)7-6-8-17(13)23-18(25)14(2)28-19(26)15-9-11-24(12-10-15)20(27)21(3,4)5/h6-8,14-15H,9-12H2,1-5H3,(H,23,25)/t14-/m1/s1. The molecule has 0 aromatic heterocycles. The molecule has 2 rings (SSSR count). The molecule has 6 nitrogen and oxygen atoms in total. The van der Waals surface area contributed by atoms with Crippen LogP contribution in [0.15, 0.2) is 18.2 Å². The Bertz CT molecular complexity index is 749. The summed E-state index contributed by atoms with van der Waals surface area (Å²) in [5.41, 5.74) is 0.916. The fourth-order valence-corrected chi connectivity index (χ4v) is 3.27. The van der Waals surface area contributed by atoms with E-state index in [1.807, 2.05) is 20.8 Å². The highest BCUT2D eigenvalue weighted by molar-refractivity contribution is 6.31. The van der Waals surface area contributed by atoms with Crippen LogP contribution in [0.25, 0.3) is 0 Å². The molecule has 1 aromatic carbocycles. The highest BCUT2D eigenvalue weighted by Crippen LogP contribution is 2.25. The minimum absolute atomic E-state index is 0.0870. The Morgan fingerprint density at radius 1 is 1.21 bits per heavy atom. The maximum atomic E-state index is 12.4. The normalized spacial score (nSPS) is 16.4. The molecule has 1 heterocycles. The lowest BCUT2D eigenvalue weighted by molar-refractivity contribution is -0.160. The van der Waals surface area contributed by atoms with Gasteiger partial charge < -0.3 is 15.0 Å². The average Bonchev–Trinajstić information content (AvgIpc) is 2.64. The van der Waals surface area contributed by atoms with E-state index in [2.05, 4.69) is 5.32 Å². The van der Waals surface area contributed by atoms with Gasteiger partial charge in [-0.1, -0.05) is 38.4 Å². The summed E-state index contributed by atoms with van der Waals surface area (Å²) in [6.07, 6.45) is 0.172. The zero-order valence-corrected chi connectivity index (χ0v) is 17.9. The van der Waals surface area contributed by atoms with Crippen molar-refractivity contribution in [2.45, 2.75) is 53.6 Å². The molecule has 1 N–H and O–H groups in total. The largest absolute Gasteiger partial charge is 0.452 e. The number of benzene rings is 1. The molecular formula is C21H29ClN2O4. The summed E-state index contributed by atoms with van der Waals surface area (Å²) < 4.78 is 5.37. The van der Waals surface area contributed by atoms with Crippen molar-refractivity contribution >= 4 is 35.1 Å². The number of ether oxygens (including phenoxy) is 1. The molecule has 0 radical (unpaired) electrons. The van der Waals surface area contributed by atoms with Crippen LogP contribution in [0.2, 0.25) is 5.02 Å². The number of piperidine rings is 1. The van der Waals surface area contributed by atoms with E-state index in [1.54, 1.807) is 36.9 Å². The Balaban J connectivity index is 1.86.